The number of unbranched alkanes of at least 4 members (excludes halogenated alkanes) is 8. The van der Waals surface area contributed by atoms with Crippen LogP contribution in [0.15, 0.2) is 0 Å². The van der Waals surface area contributed by atoms with Gasteiger partial charge in [-0.25, -0.2) is 0 Å². The topological polar surface area (TPSA) is 38.8 Å². The molecule has 0 aromatic heterocycles. The van der Waals surface area contributed by atoms with E-state index in [0.29, 0.717) is 32.7 Å². The van der Waals surface area contributed by atoms with Crippen LogP contribution in [0.3, 0.4) is 0 Å². The number of hydrogen-bond acceptors (Lipinski definition) is 3. The molecule has 1 saturated heterocycles. The van der Waals surface area contributed by atoms with Crippen molar-refractivity contribution >= 4 is 29.9 Å². The Bertz CT molecular complexity index is 285. The fraction of sp³-hybridized carbons (Fsp3) is 0.938. The summed E-state index contributed by atoms with van der Waals surface area (Å²) in [6.45, 7) is 4.55. The summed E-state index contributed by atoms with van der Waals surface area (Å²) < 4.78 is 10.7. The number of hydrogen-bond donors (Lipinski definition) is 0. The predicted octanol–water partition coefficient (Wildman–Crippen LogP) is 4.01. The largest absolute Gasteiger partial charge is 0.813 e. The van der Waals surface area contributed by atoms with E-state index in [9.17, 15) is 4.79 Å². The molecule has 4 nitrogen and oxygen atoms in total. The van der Waals surface area contributed by atoms with E-state index in [2.05, 4.69) is 6.92 Å². The van der Waals surface area contributed by atoms with Gasteiger partial charge in [-0.3, -0.25) is 4.79 Å². The van der Waals surface area contributed by atoms with Gasteiger partial charge in [0, 0.05) is 32.7 Å². The first-order valence-electron chi connectivity index (χ1n) is 8.89. The SMILES string of the molecule is CCCCCCCCCCCC(=O)N1CC[O][Al]([Cl])[O]CC1. The van der Waals surface area contributed by atoms with E-state index in [4.69, 9.17) is 17.6 Å². The van der Waals surface area contributed by atoms with Gasteiger partial charge in [0.15, 0.2) is 0 Å². The van der Waals surface area contributed by atoms with Crippen LogP contribution < -0.4 is 0 Å². The van der Waals surface area contributed by atoms with Gasteiger partial charge in [-0.15, -0.1) is 0 Å². The highest BCUT2D eigenvalue weighted by atomic mass is 35.6. The highest BCUT2D eigenvalue weighted by Gasteiger charge is 2.26. The second kappa shape index (κ2) is 13.6. The zero-order chi connectivity index (χ0) is 16.0. The molecule has 128 valence electrons. The van der Waals surface area contributed by atoms with Crippen LogP contribution in [0.5, 0.6) is 0 Å². The number of halogens is 1. The molecule has 6 heteroatoms. The molecule has 0 saturated carbocycles. The van der Waals surface area contributed by atoms with E-state index >= 15 is 0 Å². The third kappa shape index (κ3) is 10.1. The van der Waals surface area contributed by atoms with Crippen molar-refractivity contribution in [2.75, 3.05) is 26.3 Å². The number of carbonyl (C=O) groups is 1. The summed E-state index contributed by atoms with van der Waals surface area (Å²) in [6, 6.07) is 0. The summed E-state index contributed by atoms with van der Waals surface area (Å²) in [5.41, 5.74) is 0. The second-order valence-electron chi connectivity index (χ2n) is 5.98. The van der Waals surface area contributed by atoms with Crippen molar-refractivity contribution in [2.45, 2.75) is 71.1 Å². The standard InChI is InChI=1S/C16H31NO3.Al.ClH/c1-2-3-4-5-6-7-8-9-10-11-16(20)17(12-14-18)13-15-19;;/h2-15H2,1H3;;1H/q-2;+3;/p-1. The highest BCUT2D eigenvalue weighted by Crippen LogP contribution is 2.11. The van der Waals surface area contributed by atoms with Crippen molar-refractivity contribution in [3.8, 4) is 0 Å². The predicted molar refractivity (Wildman–Crippen MR) is 91.9 cm³/mol. The van der Waals surface area contributed by atoms with Crippen LogP contribution in [-0.2, 0) is 12.4 Å². The van der Waals surface area contributed by atoms with Gasteiger partial charge in [0.25, 0.3) is 0 Å². The van der Waals surface area contributed by atoms with Crippen LogP contribution in [0.25, 0.3) is 0 Å². The molecule has 0 N–H and O–H groups in total. The zero-order valence-corrected chi connectivity index (χ0v) is 15.9. The molecule has 0 spiro atoms. The molecule has 0 aromatic carbocycles. The summed E-state index contributed by atoms with van der Waals surface area (Å²) in [5, 5.41) is 0. The first-order chi connectivity index (χ1) is 10.7. The minimum atomic E-state index is -1.94. The summed E-state index contributed by atoms with van der Waals surface area (Å²) in [6.07, 6.45) is 12.1. The Morgan fingerprint density at radius 1 is 0.955 bits per heavy atom. The number of rotatable bonds is 10. The minimum absolute atomic E-state index is 0.227. The van der Waals surface area contributed by atoms with Crippen molar-refractivity contribution < 1.29 is 12.4 Å². The molecule has 0 aliphatic carbocycles. The van der Waals surface area contributed by atoms with Gasteiger partial charge >= 0.3 is 13.9 Å². The third-order valence-corrected chi connectivity index (χ3v) is 5.82. The maximum absolute atomic E-state index is 12.1. The van der Waals surface area contributed by atoms with E-state index in [1.165, 1.54) is 44.9 Å². The van der Waals surface area contributed by atoms with Gasteiger partial charge in [0.2, 0.25) is 5.91 Å². The molecule has 1 aliphatic heterocycles. The van der Waals surface area contributed by atoms with E-state index in [0.717, 1.165) is 12.8 Å². The Kier molecular flexibility index (Phi) is 12.6. The van der Waals surface area contributed by atoms with Crippen LogP contribution in [0, 0.1) is 0 Å². The van der Waals surface area contributed by atoms with E-state index in [-0.39, 0.29) is 5.91 Å². The van der Waals surface area contributed by atoms with Crippen LogP contribution in [0.1, 0.15) is 71.1 Å². The Morgan fingerprint density at radius 2 is 1.45 bits per heavy atom. The van der Waals surface area contributed by atoms with Gasteiger partial charge in [0.1, 0.15) is 0 Å². The highest BCUT2D eigenvalue weighted by molar-refractivity contribution is 6.99. The van der Waals surface area contributed by atoms with Crippen molar-refractivity contribution in [1.29, 1.82) is 0 Å². The van der Waals surface area contributed by atoms with Gasteiger partial charge in [-0.1, -0.05) is 58.3 Å². The van der Waals surface area contributed by atoms with Crippen molar-refractivity contribution in [1.82, 2.24) is 4.90 Å². The molecule has 0 unspecified atom stereocenters. The fourth-order valence-corrected chi connectivity index (χ4v) is 3.88. The average Bonchev–Trinajstić information content (AvgIpc) is 2.49. The second-order valence-corrected chi connectivity index (χ2v) is 8.26. The van der Waals surface area contributed by atoms with Crippen molar-refractivity contribution in [3.05, 3.63) is 0 Å². The minimum Gasteiger partial charge on any atom is -0.464 e. The lowest BCUT2D eigenvalue weighted by atomic mass is 10.1. The van der Waals surface area contributed by atoms with Crippen LogP contribution in [0.2, 0.25) is 0 Å². The summed E-state index contributed by atoms with van der Waals surface area (Å²) in [7, 11) is 5.88. The fourth-order valence-electron chi connectivity index (χ4n) is 2.67. The zero-order valence-electron chi connectivity index (χ0n) is 14.0. The van der Waals surface area contributed by atoms with E-state index in [1.54, 1.807) is 0 Å². The first kappa shape index (κ1) is 20.3. The molecular weight excluding hydrogens is 317 g/mol. The lowest BCUT2D eigenvalue weighted by molar-refractivity contribution is -0.132. The molecule has 0 atom stereocenters. The molecule has 1 heterocycles. The summed E-state index contributed by atoms with van der Waals surface area (Å²) >= 11 is -1.94. The van der Waals surface area contributed by atoms with Gasteiger partial charge < -0.3 is 12.5 Å². The maximum atomic E-state index is 12.1. The average molecular weight is 348 g/mol. The first-order valence-corrected chi connectivity index (χ1v) is 11.6. The third-order valence-electron chi connectivity index (χ3n) is 4.07. The van der Waals surface area contributed by atoms with Gasteiger partial charge in [-0.05, 0) is 6.42 Å². The molecule has 1 fully saturated rings. The number of amides is 1. The number of carbonyl (C=O) groups excluding carboxylic acids is 1. The monoisotopic (exact) mass is 347 g/mol. The lowest BCUT2D eigenvalue weighted by Gasteiger charge is -2.26. The van der Waals surface area contributed by atoms with E-state index in [1.807, 2.05) is 4.90 Å². The van der Waals surface area contributed by atoms with Crippen molar-refractivity contribution in [3.63, 3.8) is 0 Å². The normalized spacial score (nSPS) is 16.5. The summed E-state index contributed by atoms with van der Waals surface area (Å²) in [5.74, 6) is 0.227. The lowest BCUT2D eigenvalue weighted by Crippen LogP contribution is -2.40. The molecule has 22 heavy (non-hydrogen) atoms. The van der Waals surface area contributed by atoms with Gasteiger partial charge in [-0.2, -0.15) is 10.0 Å². The van der Waals surface area contributed by atoms with E-state index < -0.39 is 13.9 Å². The molecular formula is C16H31AlClNO3. The Balaban J connectivity index is 1.98. The quantitative estimate of drug-likeness (QED) is 0.443. The molecule has 0 radical (unpaired) electrons. The van der Waals surface area contributed by atoms with Gasteiger partial charge in [0.05, 0.1) is 0 Å². The Hall–Kier alpha value is 0.212. The molecule has 1 amide bonds. The van der Waals surface area contributed by atoms with Crippen LogP contribution in [0.4, 0.5) is 0 Å². The molecule has 1 aliphatic rings. The van der Waals surface area contributed by atoms with Crippen molar-refractivity contribution in [2.24, 2.45) is 0 Å². The van der Waals surface area contributed by atoms with Crippen LogP contribution in [-0.4, -0.2) is 51.0 Å². The Morgan fingerprint density at radius 3 is 2.00 bits per heavy atom. The number of nitrogens with zero attached hydrogens (tertiary/aromatic N) is 1. The maximum Gasteiger partial charge on any atom is 0.813 e. The molecule has 0 aromatic rings. The smallest absolute Gasteiger partial charge is 0.464 e. The molecule has 0 bridgehead atoms. The summed E-state index contributed by atoms with van der Waals surface area (Å²) in [4.78, 5) is 14.0. The molecule has 1 rings (SSSR count). The Labute approximate surface area is 144 Å². The van der Waals surface area contributed by atoms with Crippen LogP contribution >= 0.6 is 10.0 Å².